The molecule has 0 aromatic heterocycles. The van der Waals surface area contributed by atoms with E-state index in [1.165, 1.54) is 35.2 Å². The van der Waals surface area contributed by atoms with Gasteiger partial charge >= 0.3 is 0 Å². The van der Waals surface area contributed by atoms with Crippen molar-refractivity contribution in [1.29, 1.82) is 0 Å². The van der Waals surface area contributed by atoms with Gasteiger partial charge in [0, 0.05) is 24.5 Å². The third-order valence-electron chi connectivity index (χ3n) is 7.21. The molecule has 2 amide bonds. The summed E-state index contributed by atoms with van der Waals surface area (Å²) in [7, 11) is -4.40. The first kappa shape index (κ1) is 33.7. The second kappa shape index (κ2) is 15.2. The summed E-state index contributed by atoms with van der Waals surface area (Å²) >= 11 is 6.27. The topological polar surface area (TPSA) is 86.8 Å². The number of hydrogen-bond acceptors (Lipinski definition) is 4. The first-order valence-corrected chi connectivity index (χ1v) is 16.5. The number of sulfonamides is 1. The number of aryl methyl sites for hydroxylation is 1. The molecule has 0 saturated carbocycles. The number of benzene rings is 4. The highest BCUT2D eigenvalue weighted by molar-refractivity contribution is 7.92. The highest BCUT2D eigenvalue weighted by atomic mass is 35.5. The lowest BCUT2D eigenvalue weighted by Gasteiger charge is -2.34. The van der Waals surface area contributed by atoms with Crippen LogP contribution in [-0.4, -0.2) is 44.3 Å². The lowest BCUT2D eigenvalue weighted by Crippen LogP contribution is -2.53. The molecule has 10 heteroatoms. The van der Waals surface area contributed by atoms with E-state index in [4.69, 9.17) is 11.6 Å². The van der Waals surface area contributed by atoms with Gasteiger partial charge in [0.15, 0.2) is 0 Å². The van der Waals surface area contributed by atoms with Crippen molar-refractivity contribution in [2.24, 2.45) is 5.92 Å². The zero-order chi connectivity index (χ0) is 32.6. The Bertz CT molecular complexity index is 1720. The molecule has 0 spiro atoms. The molecule has 0 aliphatic heterocycles. The minimum Gasteiger partial charge on any atom is -0.354 e. The summed E-state index contributed by atoms with van der Waals surface area (Å²) < 4.78 is 44.0. The average molecular weight is 650 g/mol. The molecule has 1 atom stereocenters. The fourth-order valence-electron chi connectivity index (χ4n) is 4.81. The van der Waals surface area contributed by atoms with Gasteiger partial charge in [0.1, 0.15) is 18.4 Å². The van der Waals surface area contributed by atoms with E-state index < -0.39 is 34.3 Å². The Hall–Kier alpha value is -4.21. The van der Waals surface area contributed by atoms with E-state index in [2.05, 4.69) is 5.32 Å². The van der Waals surface area contributed by atoms with Crippen molar-refractivity contribution < 1.29 is 22.4 Å². The summed E-state index contributed by atoms with van der Waals surface area (Å²) in [6, 6.07) is 26.6. The summed E-state index contributed by atoms with van der Waals surface area (Å²) in [4.78, 5) is 29.5. The van der Waals surface area contributed by atoms with Crippen LogP contribution in [0.1, 0.15) is 30.5 Å². The van der Waals surface area contributed by atoms with E-state index in [9.17, 15) is 18.0 Å². The SMILES string of the molecule is Cc1ccc(S(=O)(=O)N(CC(=O)N(Cc2cccc(Cl)c2)[C@H](Cc2ccccc2)C(=O)NCC(C)C)c2ccccc2F)cc1. The smallest absolute Gasteiger partial charge is 0.264 e. The van der Waals surface area contributed by atoms with Gasteiger partial charge in [-0.15, -0.1) is 0 Å². The number of nitrogens with zero attached hydrogens (tertiary/aromatic N) is 2. The van der Waals surface area contributed by atoms with E-state index in [0.29, 0.717) is 17.1 Å². The standard InChI is InChI=1S/C35H37ClFN3O4S/c1-25(2)22-38-35(42)33(21-27-10-5-4-6-11-27)39(23-28-12-9-13-29(36)20-28)34(41)24-40(32-15-8-7-14-31(32)37)45(43,44)30-18-16-26(3)17-19-30/h4-20,25,33H,21-24H2,1-3H3,(H,38,42)/t33-/m1/s1. The Balaban J connectivity index is 1.81. The Labute approximate surface area is 269 Å². The Morgan fingerprint density at radius 2 is 1.51 bits per heavy atom. The summed E-state index contributed by atoms with van der Waals surface area (Å²) in [5.74, 6) is -1.73. The maximum Gasteiger partial charge on any atom is 0.264 e. The van der Waals surface area contributed by atoms with Crippen LogP contribution in [-0.2, 0) is 32.6 Å². The molecule has 0 aliphatic carbocycles. The molecule has 0 saturated heterocycles. The number of rotatable bonds is 13. The molecule has 4 rings (SSSR count). The highest BCUT2D eigenvalue weighted by Gasteiger charge is 2.35. The van der Waals surface area contributed by atoms with Crippen molar-refractivity contribution >= 4 is 39.1 Å². The van der Waals surface area contributed by atoms with Gasteiger partial charge < -0.3 is 10.2 Å². The molecule has 1 N–H and O–H groups in total. The molecule has 236 valence electrons. The van der Waals surface area contributed by atoms with E-state index in [1.807, 2.05) is 51.1 Å². The molecule has 7 nitrogen and oxygen atoms in total. The van der Waals surface area contributed by atoms with Crippen molar-refractivity contribution in [2.45, 2.75) is 44.7 Å². The van der Waals surface area contributed by atoms with E-state index in [1.54, 1.807) is 36.4 Å². The molecular formula is C35H37ClFN3O4S. The number of para-hydroxylation sites is 1. The van der Waals surface area contributed by atoms with Gasteiger partial charge in [-0.25, -0.2) is 12.8 Å². The molecule has 0 aliphatic rings. The monoisotopic (exact) mass is 649 g/mol. The lowest BCUT2D eigenvalue weighted by atomic mass is 10.0. The zero-order valence-corrected chi connectivity index (χ0v) is 27.1. The number of carbonyl (C=O) groups excluding carboxylic acids is 2. The maximum atomic E-state index is 15.2. The van der Waals surface area contributed by atoms with Gasteiger partial charge in [-0.05, 0) is 60.4 Å². The van der Waals surface area contributed by atoms with Crippen molar-refractivity contribution in [2.75, 3.05) is 17.4 Å². The van der Waals surface area contributed by atoms with Gasteiger partial charge in [-0.1, -0.05) is 97.7 Å². The summed E-state index contributed by atoms with van der Waals surface area (Å²) in [6.07, 6.45) is 0.168. The lowest BCUT2D eigenvalue weighted by molar-refractivity contribution is -0.140. The fourth-order valence-corrected chi connectivity index (χ4v) is 6.45. The average Bonchev–Trinajstić information content (AvgIpc) is 3.01. The number of amides is 2. The number of halogens is 2. The van der Waals surface area contributed by atoms with Crippen LogP contribution in [0.25, 0.3) is 0 Å². The fraction of sp³-hybridized carbons (Fsp3) is 0.257. The molecule has 0 unspecified atom stereocenters. The Morgan fingerprint density at radius 1 is 0.867 bits per heavy atom. The first-order valence-electron chi connectivity index (χ1n) is 14.6. The molecule has 0 heterocycles. The normalized spacial score (nSPS) is 12.0. The van der Waals surface area contributed by atoms with Gasteiger partial charge in [-0.2, -0.15) is 0 Å². The molecule has 45 heavy (non-hydrogen) atoms. The summed E-state index contributed by atoms with van der Waals surface area (Å²) in [5.41, 5.74) is 2.01. The second-order valence-electron chi connectivity index (χ2n) is 11.3. The molecule has 0 fully saturated rings. The van der Waals surface area contributed by atoms with Crippen molar-refractivity contribution in [3.8, 4) is 0 Å². The van der Waals surface area contributed by atoms with Crippen LogP contribution in [0.4, 0.5) is 10.1 Å². The van der Waals surface area contributed by atoms with Gasteiger partial charge in [-0.3, -0.25) is 13.9 Å². The van der Waals surface area contributed by atoms with Crippen LogP contribution in [0.3, 0.4) is 0 Å². The molecule has 4 aromatic carbocycles. The van der Waals surface area contributed by atoms with E-state index >= 15 is 4.39 Å². The maximum absolute atomic E-state index is 15.2. The van der Waals surface area contributed by atoms with Crippen LogP contribution in [0.15, 0.2) is 108 Å². The van der Waals surface area contributed by atoms with E-state index in [-0.39, 0.29) is 35.4 Å². The number of carbonyl (C=O) groups is 2. The van der Waals surface area contributed by atoms with Crippen LogP contribution in [0.2, 0.25) is 5.02 Å². The van der Waals surface area contributed by atoms with Crippen molar-refractivity contribution in [1.82, 2.24) is 10.2 Å². The van der Waals surface area contributed by atoms with Crippen LogP contribution in [0.5, 0.6) is 0 Å². The first-order chi connectivity index (χ1) is 21.5. The molecule has 0 bridgehead atoms. The number of hydrogen-bond donors (Lipinski definition) is 1. The second-order valence-corrected chi connectivity index (χ2v) is 13.6. The van der Waals surface area contributed by atoms with Crippen molar-refractivity contribution in [3.63, 3.8) is 0 Å². The largest absolute Gasteiger partial charge is 0.354 e. The molecule has 4 aromatic rings. The van der Waals surface area contributed by atoms with Crippen LogP contribution >= 0.6 is 11.6 Å². The highest BCUT2D eigenvalue weighted by Crippen LogP contribution is 2.27. The van der Waals surface area contributed by atoms with Crippen LogP contribution in [0, 0.1) is 18.7 Å². The zero-order valence-electron chi connectivity index (χ0n) is 25.5. The third kappa shape index (κ3) is 8.93. The quantitative estimate of drug-likeness (QED) is 0.182. The van der Waals surface area contributed by atoms with Gasteiger partial charge in [0.05, 0.1) is 10.6 Å². The number of anilines is 1. The molecule has 0 radical (unpaired) electrons. The van der Waals surface area contributed by atoms with E-state index in [0.717, 1.165) is 21.5 Å². The Kier molecular flexibility index (Phi) is 11.4. The Morgan fingerprint density at radius 3 is 2.16 bits per heavy atom. The number of nitrogens with one attached hydrogen (secondary N) is 1. The molecular weight excluding hydrogens is 613 g/mol. The van der Waals surface area contributed by atoms with Gasteiger partial charge in [0.2, 0.25) is 11.8 Å². The minimum absolute atomic E-state index is 0.0400. The third-order valence-corrected chi connectivity index (χ3v) is 9.22. The minimum atomic E-state index is -4.40. The predicted molar refractivity (Wildman–Crippen MR) is 176 cm³/mol. The predicted octanol–water partition coefficient (Wildman–Crippen LogP) is 6.40. The van der Waals surface area contributed by atoms with Crippen molar-refractivity contribution in [3.05, 3.63) is 131 Å². The summed E-state index contributed by atoms with van der Waals surface area (Å²) in [5, 5.41) is 3.38. The van der Waals surface area contributed by atoms with Gasteiger partial charge in [0.25, 0.3) is 10.0 Å². The van der Waals surface area contributed by atoms with Crippen LogP contribution < -0.4 is 9.62 Å². The summed E-state index contributed by atoms with van der Waals surface area (Å²) in [6.45, 7) is 5.33.